The summed E-state index contributed by atoms with van der Waals surface area (Å²) in [7, 11) is 0. The molecule has 1 aliphatic carbocycles. The minimum absolute atomic E-state index is 0.857. The monoisotopic (exact) mass is 146 g/mol. The van der Waals surface area contributed by atoms with Gasteiger partial charge in [0.05, 0.1) is 5.69 Å². The van der Waals surface area contributed by atoms with E-state index in [0.717, 1.165) is 24.4 Å². The molecule has 1 heterocycles. The van der Waals surface area contributed by atoms with Crippen LogP contribution in [-0.2, 0) is 6.42 Å². The van der Waals surface area contributed by atoms with Gasteiger partial charge in [0, 0.05) is 6.20 Å². The van der Waals surface area contributed by atoms with E-state index in [1.807, 2.05) is 13.1 Å². The van der Waals surface area contributed by atoms with E-state index in [1.54, 1.807) is 0 Å². The molecule has 0 amide bonds. The summed E-state index contributed by atoms with van der Waals surface area (Å²) in [6, 6.07) is 0. The maximum Gasteiger partial charge on any atom is 0.125 e. The van der Waals surface area contributed by atoms with E-state index < -0.39 is 0 Å². The van der Waals surface area contributed by atoms with Crippen molar-refractivity contribution in [1.82, 2.24) is 9.97 Å². The van der Waals surface area contributed by atoms with E-state index >= 15 is 0 Å². The molecule has 0 fully saturated rings. The van der Waals surface area contributed by atoms with Crippen LogP contribution in [0, 0.1) is 6.92 Å². The first-order valence-electron chi connectivity index (χ1n) is 3.85. The zero-order valence-electron chi connectivity index (χ0n) is 6.54. The number of aromatic nitrogens is 2. The molecule has 0 unspecified atom stereocenters. The molecule has 11 heavy (non-hydrogen) atoms. The topological polar surface area (TPSA) is 25.8 Å². The maximum atomic E-state index is 4.32. The van der Waals surface area contributed by atoms with E-state index in [4.69, 9.17) is 0 Å². The van der Waals surface area contributed by atoms with Crippen molar-refractivity contribution in [2.75, 3.05) is 0 Å². The van der Waals surface area contributed by atoms with E-state index in [-0.39, 0.29) is 0 Å². The van der Waals surface area contributed by atoms with Gasteiger partial charge in [-0.15, -0.1) is 0 Å². The molecule has 2 rings (SSSR count). The molecule has 56 valence electrons. The van der Waals surface area contributed by atoms with Crippen molar-refractivity contribution in [2.24, 2.45) is 0 Å². The normalized spacial score (nSPS) is 14.6. The summed E-state index contributed by atoms with van der Waals surface area (Å²) in [6.07, 6.45) is 8.38. The van der Waals surface area contributed by atoms with Gasteiger partial charge in [-0.3, -0.25) is 0 Å². The predicted octanol–water partition coefficient (Wildman–Crippen LogP) is 1.74. The summed E-state index contributed by atoms with van der Waals surface area (Å²) < 4.78 is 0. The van der Waals surface area contributed by atoms with Crippen LogP contribution in [0.2, 0.25) is 0 Å². The van der Waals surface area contributed by atoms with Gasteiger partial charge in [0.25, 0.3) is 0 Å². The number of aryl methyl sites for hydroxylation is 2. The quantitative estimate of drug-likeness (QED) is 0.557. The van der Waals surface area contributed by atoms with Crippen LogP contribution < -0.4 is 0 Å². The third kappa shape index (κ3) is 1.16. The Morgan fingerprint density at radius 1 is 1.45 bits per heavy atom. The van der Waals surface area contributed by atoms with Crippen molar-refractivity contribution >= 4 is 6.08 Å². The summed E-state index contributed by atoms with van der Waals surface area (Å²) in [4.78, 5) is 8.46. The Labute approximate surface area is 66.0 Å². The lowest BCUT2D eigenvalue weighted by molar-refractivity contribution is 0.916. The third-order valence-electron chi connectivity index (χ3n) is 1.87. The Kier molecular flexibility index (Phi) is 1.46. The number of allylic oxidation sites excluding steroid dienone is 1. The molecular weight excluding hydrogens is 136 g/mol. The predicted molar refractivity (Wildman–Crippen MR) is 44.1 cm³/mol. The lowest BCUT2D eigenvalue weighted by Crippen LogP contribution is -2.00. The summed E-state index contributed by atoms with van der Waals surface area (Å²) in [5, 5.41) is 0. The second kappa shape index (κ2) is 2.46. The highest BCUT2D eigenvalue weighted by Crippen LogP contribution is 2.15. The highest BCUT2D eigenvalue weighted by atomic mass is 14.9. The molecule has 0 aliphatic heterocycles. The first-order chi connectivity index (χ1) is 5.36. The van der Waals surface area contributed by atoms with Gasteiger partial charge in [-0.2, -0.15) is 0 Å². The van der Waals surface area contributed by atoms with Crippen molar-refractivity contribution in [3.63, 3.8) is 0 Å². The first kappa shape index (κ1) is 6.53. The Bertz CT molecular complexity index is 302. The molecule has 1 aromatic rings. The Hall–Kier alpha value is -1.18. The molecule has 2 heteroatoms. The van der Waals surface area contributed by atoms with Crippen LogP contribution in [0.5, 0.6) is 0 Å². The minimum atomic E-state index is 0.857. The van der Waals surface area contributed by atoms with Crippen molar-refractivity contribution in [3.05, 3.63) is 29.4 Å². The molecule has 0 radical (unpaired) electrons. The zero-order chi connectivity index (χ0) is 7.68. The highest BCUT2D eigenvalue weighted by molar-refractivity contribution is 5.51. The van der Waals surface area contributed by atoms with E-state index in [1.165, 1.54) is 5.56 Å². The van der Waals surface area contributed by atoms with E-state index in [9.17, 15) is 0 Å². The van der Waals surface area contributed by atoms with Crippen LogP contribution in [0.15, 0.2) is 12.3 Å². The second-order valence-electron chi connectivity index (χ2n) is 2.77. The summed E-state index contributed by atoms with van der Waals surface area (Å²) in [5.41, 5.74) is 2.38. The summed E-state index contributed by atoms with van der Waals surface area (Å²) in [5.74, 6) is 0.857. The number of nitrogens with zero attached hydrogens (tertiary/aromatic N) is 2. The van der Waals surface area contributed by atoms with Crippen molar-refractivity contribution < 1.29 is 0 Å². The van der Waals surface area contributed by atoms with Crippen LogP contribution in [-0.4, -0.2) is 9.97 Å². The molecule has 0 spiro atoms. The first-order valence-corrected chi connectivity index (χ1v) is 3.85. The Morgan fingerprint density at radius 3 is 3.27 bits per heavy atom. The standard InChI is InChI=1S/C9H10N2/c1-7-10-6-8-4-2-3-5-9(8)11-7/h3,5-6H,2,4H2,1H3. The van der Waals surface area contributed by atoms with Gasteiger partial charge >= 0.3 is 0 Å². The Morgan fingerprint density at radius 2 is 2.36 bits per heavy atom. The van der Waals surface area contributed by atoms with Crippen LogP contribution >= 0.6 is 0 Å². The van der Waals surface area contributed by atoms with Gasteiger partial charge < -0.3 is 0 Å². The fourth-order valence-electron chi connectivity index (χ4n) is 1.28. The molecule has 0 N–H and O–H groups in total. The van der Waals surface area contributed by atoms with E-state index in [0.29, 0.717) is 0 Å². The van der Waals surface area contributed by atoms with Gasteiger partial charge in [-0.25, -0.2) is 9.97 Å². The molecule has 0 saturated heterocycles. The average Bonchev–Trinajstić information content (AvgIpc) is 2.04. The lowest BCUT2D eigenvalue weighted by atomic mass is 10.0. The molecule has 0 aromatic carbocycles. The SMILES string of the molecule is Cc1ncc2c(n1)C=CCC2. The molecular formula is C9H10N2. The zero-order valence-corrected chi connectivity index (χ0v) is 6.54. The average molecular weight is 146 g/mol. The van der Waals surface area contributed by atoms with Gasteiger partial charge in [-0.1, -0.05) is 6.08 Å². The largest absolute Gasteiger partial charge is 0.241 e. The van der Waals surface area contributed by atoms with Crippen LogP contribution in [0.1, 0.15) is 23.5 Å². The highest BCUT2D eigenvalue weighted by Gasteiger charge is 2.04. The third-order valence-corrected chi connectivity index (χ3v) is 1.87. The molecule has 1 aromatic heterocycles. The van der Waals surface area contributed by atoms with Crippen LogP contribution in [0.3, 0.4) is 0 Å². The molecule has 2 nitrogen and oxygen atoms in total. The van der Waals surface area contributed by atoms with Gasteiger partial charge in [0.2, 0.25) is 0 Å². The van der Waals surface area contributed by atoms with E-state index in [2.05, 4.69) is 22.1 Å². The Balaban J connectivity index is 2.54. The van der Waals surface area contributed by atoms with Gasteiger partial charge in [0.1, 0.15) is 5.82 Å². The number of fused-ring (bicyclic) bond motifs is 1. The fraction of sp³-hybridized carbons (Fsp3) is 0.333. The number of rotatable bonds is 0. The van der Waals surface area contributed by atoms with Gasteiger partial charge in [-0.05, 0) is 31.4 Å². The summed E-state index contributed by atoms with van der Waals surface area (Å²) in [6.45, 7) is 1.92. The number of hydrogen-bond donors (Lipinski definition) is 0. The molecule has 0 atom stereocenters. The number of hydrogen-bond acceptors (Lipinski definition) is 2. The molecule has 0 saturated carbocycles. The fourth-order valence-corrected chi connectivity index (χ4v) is 1.28. The van der Waals surface area contributed by atoms with Crippen molar-refractivity contribution in [2.45, 2.75) is 19.8 Å². The van der Waals surface area contributed by atoms with Crippen molar-refractivity contribution in [3.8, 4) is 0 Å². The van der Waals surface area contributed by atoms with Crippen LogP contribution in [0.4, 0.5) is 0 Å². The maximum absolute atomic E-state index is 4.32. The molecule has 0 bridgehead atoms. The summed E-state index contributed by atoms with van der Waals surface area (Å²) >= 11 is 0. The minimum Gasteiger partial charge on any atom is -0.241 e. The van der Waals surface area contributed by atoms with Crippen molar-refractivity contribution in [1.29, 1.82) is 0 Å². The smallest absolute Gasteiger partial charge is 0.125 e. The molecule has 1 aliphatic rings. The van der Waals surface area contributed by atoms with Gasteiger partial charge in [0.15, 0.2) is 0 Å². The van der Waals surface area contributed by atoms with Crippen LogP contribution in [0.25, 0.3) is 6.08 Å². The second-order valence-corrected chi connectivity index (χ2v) is 2.77. The lowest BCUT2D eigenvalue weighted by Gasteiger charge is -2.07.